The SMILES string of the molecule is CSSc1cccc(-c2cccc(C3C=C(c4cccc(-c5ccccc5)c4)C=C(c4cccc(-c5ccccc5)c4)C3)c2)c1. The molecule has 1 aliphatic carbocycles. The minimum atomic E-state index is 0.254. The molecule has 0 N–H and O–H groups in total. The minimum absolute atomic E-state index is 0.254. The van der Waals surface area contributed by atoms with Crippen molar-refractivity contribution in [1.82, 2.24) is 0 Å². The molecule has 1 aliphatic rings. The highest BCUT2D eigenvalue weighted by Gasteiger charge is 2.20. The van der Waals surface area contributed by atoms with Crippen molar-refractivity contribution in [3.63, 3.8) is 0 Å². The predicted molar refractivity (Wildman–Crippen MR) is 198 cm³/mol. The highest BCUT2D eigenvalue weighted by Crippen LogP contribution is 2.41. The van der Waals surface area contributed by atoms with Gasteiger partial charge in [-0.2, -0.15) is 0 Å². The van der Waals surface area contributed by atoms with Gasteiger partial charge in [0.15, 0.2) is 0 Å². The third-order valence-electron chi connectivity index (χ3n) is 8.46. The van der Waals surface area contributed by atoms with Gasteiger partial charge < -0.3 is 0 Å². The van der Waals surface area contributed by atoms with Crippen molar-refractivity contribution in [2.24, 2.45) is 0 Å². The van der Waals surface area contributed by atoms with Gasteiger partial charge in [-0.3, -0.25) is 0 Å². The first kappa shape index (κ1) is 29.2. The van der Waals surface area contributed by atoms with Gasteiger partial charge in [0.25, 0.3) is 0 Å². The molecule has 0 heterocycles. The molecule has 0 saturated heterocycles. The standard InChI is InChI=1S/C43H34S2/c1-44-45-43-23-11-22-39(30-43)35-18-10-21-38(26-35)42-28-40(36-19-8-16-33(24-36)31-12-4-2-5-13-31)27-41(29-42)37-20-9-17-34(25-37)32-14-6-3-7-15-32/h2-28,30,42H,29H2,1H3. The number of allylic oxidation sites excluding steroid dienone is 4. The van der Waals surface area contributed by atoms with Gasteiger partial charge in [-0.05, 0) is 98.2 Å². The Kier molecular flexibility index (Phi) is 8.86. The van der Waals surface area contributed by atoms with Crippen LogP contribution in [-0.4, -0.2) is 6.26 Å². The molecule has 0 amide bonds. The van der Waals surface area contributed by atoms with Crippen LogP contribution in [-0.2, 0) is 0 Å². The summed E-state index contributed by atoms with van der Waals surface area (Å²) in [4.78, 5) is 1.28. The number of hydrogen-bond donors (Lipinski definition) is 0. The molecule has 0 bridgehead atoms. The summed E-state index contributed by atoms with van der Waals surface area (Å²) < 4.78 is 0. The second-order valence-electron chi connectivity index (χ2n) is 11.4. The van der Waals surface area contributed by atoms with E-state index in [1.807, 2.05) is 10.8 Å². The molecule has 0 aliphatic heterocycles. The first-order valence-electron chi connectivity index (χ1n) is 15.4. The molecular formula is C43H34S2. The van der Waals surface area contributed by atoms with E-state index in [9.17, 15) is 0 Å². The van der Waals surface area contributed by atoms with Crippen LogP contribution in [0.2, 0.25) is 0 Å². The van der Waals surface area contributed by atoms with Crippen molar-refractivity contribution in [2.45, 2.75) is 17.2 Å². The molecule has 0 fully saturated rings. The second-order valence-corrected chi connectivity index (χ2v) is 13.9. The van der Waals surface area contributed by atoms with E-state index in [4.69, 9.17) is 0 Å². The minimum Gasteiger partial charge on any atom is -0.0924 e. The summed E-state index contributed by atoms with van der Waals surface area (Å²) >= 11 is 0. The van der Waals surface area contributed by atoms with Gasteiger partial charge in [-0.15, -0.1) is 0 Å². The van der Waals surface area contributed by atoms with Crippen molar-refractivity contribution in [1.29, 1.82) is 0 Å². The van der Waals surface area contributed by atoms with E-state index in [0.717, 1.165) is 6.42 Å². The molecule has 0 spiro atoms. The van der Waals surface area contributed by atoms with Crippen LogP contribution < -0.4 is 0 Å². The summed E-state index contributed by atoms with van der Waals surface area (Å²) in [5.41, 5.74) is 14.0. The molecule has 1 unspecified atom stereocenters. The summed E-state index contributed by atoms with van der Waals surface area (Å²) in [5.74, 6) is 0.254. The summed E-state index contributed by atoms with van der Waals surface area (Å²) in [6, 6.07) is 57.4. The second kappa shape index (κ2) is 13.6. The Bertz CT molecular complexity index is 1990. The molecule has 0 saturated carbocycles. The van der Waals surface area contributed by atoms with Crippen molar-refractivity contribution < 1.29 is 0 Å². The first-order valence-corrected chi connectivity index (χ1v) is 17.9. The smallest absolute Gasteiger partial charge is 0.0188 e. The normalized spacial score (nSPS) is 14.5. The predicted octanol–water partition coefficient (Wildman–Crippen LogP) is 12.7. The lowest BCUT2D eigenvalue weighted by atomic mass is 9.80. The van der Waals surface area contributed by atoms with E-state index in [0.29, 0.717) is 0 Å². The fraction of sp³-hybridized carbons (Fsp3) is 0.0698. The molecule has 6 aromatic rings. The van der Waals surface area contributed by atoms with Gasteiger partial charge >= 0.3 is 0 Å². The average Bonchev–Trinajstić information content (AvgIpc) is 3.13. The van der Waals surface area contributed by atoms with Gasteiger partial charge in [0, 0.05) is 10.8 Å². The average molecular weight is 615 g/mol. The van der Waals surface area contributed by atoms with Gasteiger partial charge in [0.1, 0.15) is 0 Å². The number of hydrogen-bond acceptors (Lipinski definition) is 2. The van der Waals surface area contributed by atoms with E-state index in [2.05, 4.69) is 176 Å². The first-order chi connectivity index (χ1) is 22.2. The maximum absolute atomic E-state index is 2.48. The van der Waals surface area contributed by atoms with Crippen LogP contribution in [0.15, 0.2) is 175 Å². The molecule has 6 aromatic carbocycles. The largest absolute Gasteiger partial charge is 0.0924 e. The lowest BCUT2D eigenvalue weighted by molar-refractivity contribution is 0.871. The summed E-state index contributed by atoms with van der Waals surface area (Å²) in [5, 5.41) is 0. The Morgan fingerprint density at radius 2 is 0.978 bits per heavy atom. The Hall–Kier alpha value is -4.50. The fourth-order valence-electron chi connectivity index (χ4n) is 6.21. The van der Waals surface area contributed by atoms with Crippen LogP contribution in [0.5, 0.6) is 0 Å². The summed E-state index contributed by atoms with van der Waals surface area (Å²) in [6.07, 6.45) is 7.97. The van der Waals surface area contributed by atoms with Crippen molar-refractivity contribution in [2.75, 3.05) is 6.26 Å². The molecule has 0 nitrogen and oxygen atoms in total. The van der Waals surface area contributed by atoms with E-state index < -0.39 is 0 Å². The van der Waals surface area contributed by atoms with E-state index >= 15 is 0 Å². The Morgan fingerprint density at radius 3 is 1.64 bits per heavy atom. The van der Waals surface area contributed by atoms with Crippen molar-refractivity contribution >= 4 is 32.7 Å². The quantitative estimate of drug-likeness (QED) is 0.156. The van der Waals surface area contributed by atoms with E-state index in [1.54, 1.807) is 10.8 Å². The van der Waals surface area contributed by atoms with Crippen LogP contribution >= 0.6 is 21.6 Å². The third-order valence-corrected chi connectivity index (χ3v) is 10.1. The topological polar surface area (TPSA) is 0 Å². The van der Waals surface area contributed by atoms with Gasteiger partial charge in [-0.1, -0.05) is 167 Å². The lowest BCUT2D eigenvalue weighted by Gasteiger charge is -2.24. The molecule has 2 heteroatoms. The van der Waals surface area contributed by atoms with Crippen molar-refractivity contribution in [3.05, 3.63) is 187 Å². The monoisotopic (exact) mass is 614 g/mol. The van der Waals surface area contributed by atoms with Gasteiger partial charge in [0.2, 0.25) is 0 Å². The zero-order valence-electron chi connectivity index (χ0n) is 25.3. The van der Waals surface area contributed by atoms with Crippen LogP contribution in [0, 0.1) is 0 Å². The Balaban J connectivity index is 1.30. The highest BCUT2D eigenvalue weighted by molar-refractivity contribution is 8.76. The lowest BCUT2D eigenvalue weighted by Crippen LogP contribution is -2.04. The summed E-state index contributed by atoms with van der Waals surface area (Å²) in [6.45, 7) is 0. The Labute approximate surface area is 275 Å². The van der Waals surface area contributed by atoms with Crippen LogP contribution in [0.4, 0.5) is 0 Å². The molecular weight excluding hydrogens is 581 g/mol. The zero-order chi connectivity index (χ0) is 30.4. The third kappa shape index (κ3) is 6.78. The molecule has 0 radical (unpaired) electrons. The van der Waals surface area contributed by atoms with Gasteiger partial charge in [0.05, 0.1) is 0 Å². The fourth-order valence-corrected chi connectivity index (χ4v) is 7.60. The molecule has 7 rings (SSSR count). The molecule has 0 aromatic heterocycles. The van der Waals surface area contributed by atoms with Crippen LogP contribution in [0.25, 0.3) is 44.5 Å². The molecule has 45 heavy (non-hydrogen) atoms. The number of rotatable bonds is 8. The van der Waals surface area contributed by atoms with Gasteiger partial charge in [-0.25, -0.2) is 0 Å². The highest BCUT2D eigenvalue weighted by atomic mass is 33.1. The van der Waals surface area contributed by atoms with E-state index in [-0.39, 0.29) is 5.92 Å². The summed E-state index contributed by atoms with van der Waals surface area (Å²) in [7, 11) is 3.59. The van der Waals surface area contributed by atoms with Crippen molar-refractivity contribution in [3.8, 4) is 33.4 Å². The Morgan fingerprint density at radius 1 is 0.467 bits per heavy atom. The van der Waals surface area contributed by atoms with Crippen LogP contribution in [0.1, 0.15) is 29.0 Å². The molecule has 1 atom stereocenters. The maximum atomic E-state index is 2.48. The van der Waals surface area contributed by atoms with E-state index in [1.165, 1.54) is 66.1 Å². The maximum Gasteiger partial charge on any atom is 0.0188 e. The zero-order valence-corrected chi connectivity index (χ0v) is 26.9. The molecule has 218 valence electrons. The van der Waals surface area contributed by atoms with Crippen LogP contribution in [0.3, 0.4) is 0 Å². The number of benzene rings is 6.